The lowest BCUT2D eigenvalue weighted by Crippen LogP contribution is -2.37. The largest absolute Gasteiger partial charge is 0.468 e. The first-order chi connectivity index (χ1) is 6.62. The molecule has 0 aliphatic carbocycles. The van der Waals surface area contributed by atoms with Crippen molar-refractivity contribution >= 4 is 5.97 Å². The molecule has 0 spiro atoms. The van der Waals surface area contributed by atoms with Gasteiger partial charge in [-0.05, 0) is 12.8 Å². The molecule has 6 heteroatoms. The van der Waals surface area contributed by atoms with Crippen LogP contribution in [-0.4, -0.2) is 25.3 Å². The Balaban J connectivity index is 4.22. The standard InChI is InChI=1S/C9H16F3NO2/c1-8(2,9(10,11)12)5-4-6(13)7(14)15-3/h6H,4-5,13H2,1-3H3/t6-/m0/s1. The molecule has 2 N–H and O–H groups in total. The number of halogens is 3. The monoisotopic (exact) mass is 227 g/mol. The summed E-state index contributed by atoms with van der Waals surface area (Å²) in [6.07, 6.45) is -4.53. The number of esters is 1. The van der Waals surface area contributed by atoms with Gasteiger partial charge in [0, 0.05) is 0 Å². The zero-order valence-corrected chi connectivity index (χ0v) is 9.02. The topological polar surface area (TPSA) is 52.3 Å². The van der Waals surface area contributed by atoms with Crippen LogP contribution >= 0.6 is 0 Å². The second-order valence-corrected chi connectivity index (χ2v) is 4.05. The first-order valence-corrected chi connectivity index (χ1v) is 4.52. The van der Waals surface area contributed by atoms with Gasteiger partial charge in [-0.15, -0.1) is 0 Å². The molecule has 0 aromatic carbocycles. The molecule has 3 nitrogen and oxygen atoms in total. The van der Waals surface area contributed by atoms with Gasteiger partial charge in [-0.2, -0.15) is 13.2 Å². The SMILES string of the molecule is COC(=O)[C@@H](N)CCC(C)(C)C(F)(F)F. The molecule has 0 saturated carbocycles. The summed E-state index contributed by atoms with van der Waals surface area (Å²) in [7, 11) is 1.15. The Morgan fingerprint density at radius 1 is 1.40 bits per heavy atom. The minimum Gasteiger partial charge on any atom is -0.468 e. The van der Waals surface area contributed by atoms with Crippen LogP contribution in [0, 0.1) is 5.41 Å². The Hall–Kier alpha value is -0.780. The van der Waals surface area contributed by atoms with Crippen molar-refractivity contribution < 1.29 is 22.7 Å². The van der Waals surface area contributed by atoms with Gasteiger partial charge in [0.1, 0.15) is 6.04 Å². The van der Waals surface area contributed by atoms with E-state index in [1.807, 2.05) is 0 Å². The summed E-state index contributed by atoms with van der Waals surface area (Å²) >= 11 is 0. The molecule has 90 valence electrons. The number of carbonyl (C=O) groups is 1. The van der Waals surface area contributed by atoms with Crippen LogP contribution in [0.2, 0.25) is 0 Å². The lowest BCUT2D eigenvalue weighted by Gasteiger charge is -2.28. The lowest BCUT2D eigenvalue weighted by atomic mass is 9.85. The molecule has 0 aliphatic heterocycles. The van der Waals surface area contributed by atoms with E-state index in [1.165, 1.54) is 0 Å². The van der Waals surface area contributed by atoms with Crippen LogP contribution in [0.4, 0.5) is 13.2 Å². The third-order valence-electron chi connectivity index (χ3n) is 2.35. The average molecular weight is 227 g/mol. The maximum absolute atomic E-state index is 12.4. The maximum atomic E-state index is 12.4. The molecule has 0 fully saturated rings. The van der Waals surface area contributed by atoms with Gasteiger partial charge in [-0.25, -0.2) is 0 Å². The number of hydrogen-bond donors (Lipinski definition) is 1. The molecule has 0 aromatic rings. The number of carbonyl (C=O) groups excluding carboxylic acids is 1. The van der Waals surface area contributed by atoms with Crippen molar-refractivity contribution in [2.45, 2.75) is 38.9 Å². The van der Waals surface area contributed by atoms with Gasteiger partial charge in [0.15, 0.2) is 0 Å². The highest BCUT2D eigenvalue weighted by atomic mass is 19.4. The van der Waals surface area contributed by atoms with E-state index >= 15 is 0 Å². The number of methoxy groups -OCH3 is 1. The number of hydrogen-bond acceptors (Lipinski definition) is 3. The Labute approximate surface area is 86.8 Å². The van der Waals surface area contributed by atoms with Crippen LogP contribution in [0.1, 0.15) is 26.7 Å². The molecule has 0 aliphatic rings. The van der Waals surface area contributed by atoms with Crippen molar-refractivity contribution in [2.75, 3.05) is 7.11 Å². The van der Waals surface area contributed by atoms with Crippen molar-refractivity contribution in [1.29, 1.82) is 0 Å². The van der Waals surface area contributed by atoms with Gasteiger partial charge < -0.3 is 10.5 Å². The molecule has 0 bridgehead atoms. The highest BCUT2D eigenvalue weighted by Gasteiger charge is 2.46. The van der Waals surface area contributed by atoms with E-state index in [2.05, 4.69) is 4.74 Å². The third kappa shape index (κ3) is 4.07. The normalized spacial score (nSPS) is 14.9. The van der Waals surface area contributed by atoms with Gasteiger partial charge in [0.2, 0.25) is 0 Å². The van der Waals surface area contributed by atoms with Gasteiger partial charge in [0.25, 0.3) is 0 Å². The van der Waals surface area contributed by atoms with Gasteiger partial charge >= 0.3 is 12.1 Å². The first-order valence-electron chi connectivity index (χ1n) is 4.52. The van der Waals surface area contributed by atoms with Gasteiger partial charge in [-0.1, -0.05) is 13.8 Å². The zero-order valence-electron chi connectivity index (χ0n) is 9.02. The molecule has 0 aromatic heterocycles. The van der Waals surface area contributed by atoms with E-state index < -0.39 is 23.6 Å². The predicted octanol–water partition coefficient (Wildman–Crippen LogP) is 1.86. The van der Waals surface area contributed by atoms with Crippen LogP contribution in [0.5, 0.6) is 0 Å². The van der Waals surface area contributed by atoms with E-state index in [-0.39, 0.29) is 12.8 Å². The summed E-state index contributed by atoms with van der Waals surface area (Å²) in [6.45, 7) is 2.16. The number of ether oxygens (including phenoxy) is 1. The Morgan fingerprint density at radius 3 is 2.20 bits per heavy atom. The molecule has 0 heterocycles. The fourth-order valence-corrected chi connectivity index (χ4v) is 0.927. The first kappa shape index (κ1) is 14.2. The smallest absolute Gasteiger partial charge is 0.393 e. The van der Waals surface area contributed by atoms with E-state index in [4.69, 9.17) is 5.73 Å². The second kappa shape index (κ2) is 4.83. The second-order valence-electron chi connectivity index (χ2n) is 4.05. The van der Waals surface area contributed by atoms with E-state index in [0.29, 0.717) is 0 Å². The highest BCUT2D eigenvalue weighted by molar-refractivity contribution is 5.75. The Morgan fingerprint density at radius 2 is 1.87 bits per heavy atom. The van der Waals surface area contributed by atoms with Crippen molar-refractivity contribution in [2.24, 2.45) is 11.1 Å². The van der Waals surface area contributed by atoms with Crippen molar-refractivity contribution in [3.05, 3.63) is 0 Å². The van der Waals surface area contributed by atoms with Crippen molar-refractivity contribution in [1.82, 2.24) is 0 Å². The predicted molar refractivity (Wildman–Crippen MR) is 49.1 cm³/mol. The molecule has 1 atom stereocenters. The van der Waals surface area contributed by atoms with Crippen molar-refractivity contribution in [3.8, 4) is 0 Å². The number of alkyl halides is 3. The van der Waals surface area contributed by atoms with Crippen molar-refractivity contribution in [3.63, 3.8) is 0 Å². The average Bonchev–Trinajstić information content (AvgIpc) is 2.11. The summed E-state index contributed by atoms with van der Waals surface area (Å²) in [5.74, 6) is -0.687. The van der Waals surface area contributed by atoms with Crippen LogP contribution < -0.4 is 5.73 Å². The van der Waals surface area contributed by atoms with Gasteiger partial charge in [-0.3, -0.25) is 4.79 Å². The van der Waals surface area contributed by atoms with Crippen LogP contribution in [0.25, 0.3) is 0 Å². The minimum absolute atomic E-state index is 0.0425. The van der Waals surface area contributed by atoms with Crippen LogP contribution in [0.3, 0.4) is 0 Å². The molecule has 0 radical (unpaired) electrons. The number of rotatable bonds is 4. The summed E-state index contributed by atoms with van der Waals surface area (Å²) < 4.78 is 41.5. The van der Waals surface area contributed by atoms with Crippen LogP contribution in [-0.2, 0) is 9.53 Å². The Bertz CT molecular complexity index is 226. The Kier molecular flexibility index (Phi) is 4.58. The molecular formula is C9H16F3NO2. The molecule has 15 heavy (non-hydrogen) atoms. The van der Waals surface area contributed by atoms with E-state index in [1.54, 1.807) is 0 Å². The van der Waals surface area contributed by atoms with Crippen LogP contribution in [0.15, 0.2) is 0 Å². The molecule has 0 rings (SSSR count). The third-order valence-corrected chi connectivity index (χ3v) is 2.35. The zero-order chi connectivity index (χ0) is 12.3. The molecule has 0 saturated heterocycles. The minimum atomic E-state index is -4.29. The quantitative estimate of drug-likeness (QED) is 0.746. The molecule has 0 amide bonds. The summed E-state index contributed by atoms with van der Waals surface area (Å²) in [5.41, 5.74) is 3.50. The van der Waals surface area contributed by atoms with Gasteiger partial charge in [0.05, 0.1) is 12.5 Å². The van der Waals surface area contributed by atoms with E-state index in [9.17, 15) is 18.0 Å². The fourth-order valence-electron chi connectivity index (χ4n) is 0.927. The fraction of sp³-hybridized carbons (Fsp3) is 0.889. The molecule has 0 unspecified atom stereocenters. The molecular weight excluding hydrogens is 211 g/mol. The maximum Gasteiger partial charge on any atom is 0.393 e. The summed E-state index contributed by atoms with van der Waals surface area (Å²) in [5, 5.41) is 0. The lowest BCUT2D eigenvalue weighted by molar-refractivity contribution is -0.214. The number of nitrogens with two attached hydrogens (primary N) is 1. The summed E-state index contributed by atoms with van der Waals surface area (Å²) in [4.78, 5) is 10.8. The van der Waals surface area contributed by atoms with E-state index in [0.717, 1.165) is 21.0 Å². The highest BCUT2D eigenvalue weighted by Crippen LogP contribution is 2.41. The summed E-state index contributed by atoms with van der Waals surface area (Å²) in [6, 6.07) is -0.989.